The van der Waals surface area contributed by atoms with Crippen molar-refractivity contribution in [2.24, 2.45) is 0 Å². The number of thioether (sulfide) groups is 1. The molecule has 0 aliphatic rings. The lowest BCUT2D eigenvalue weighted by molar-refractivity contribution is -0.113. The third kappa shape index (κ3) is 6.32. The molecule has 2 aromatic carbocycles. The van der Waals surface area contributed by atoms with Crippen LogP contribution in [0.25, 0.3) is 11.3 Å². The second kappa shape index (κ2) is 11.9. The molecule has 1 amide bonds. The highest BCUT2D eigenvalue weighted by Gasteiger charge is 2.16. The van der Waals surface area contributed by atoms with Crippen molar-refractivity contribution in [3.63, 3.8) is 0 Å². The number of rotatable bonds is 11. The van der Waals surface area contributed by atoms with Crippen LogP contribution in [0.3, 0.4) is 0 Å². The van der Waals surface area contributed by atoms with Gasteiger partial charge in [-0.15, -0.1) is 28.1 Å². The number of aryl methyl sites for hydroxylation is 2. The molecule has 0 fully saturated rings. The Balaban J connectivity index is 1.36. The molecule has 36 heavy (non-hydrogen) atoms. The summed E-state index contributed by atoms with van der Waals surface area (Å²) in [6.07, 6.45) is 1.76. The van der Waals surface area contributed by atoms with Crippen molar-refractivity contribution in [3.05, 3.63) is 77.5 Å². The number of thiazole rings is 1. The van der Waals surface area contributed by atoms with Crippen LogP contribution in [0.1, 0.15) is 17.0 Å². The van der Waals surface area contributed by atoms with Crippen LogP contribution in [0, 0.1) is 13.8 Å². The summed E-state index contributed by atoms with van der Waals surface area (Å²) in [5.74, 6) is 1.91. The molecule has 0 saturated carbocycles. The van der Waals surface area contributed by atoms with Crippen molar-refractivity contribution >= 4 is 34.1 Å². The lowest BCUT2D eigenvalue weighted by Crippen LogP contribution is -2.15. The van der Waals surface area contributed by atoms with Crippen molar-refractivity contribution < 1.29 is 14.3 Å². The van der Waals surface area contributed by atoms with E-state index in [0.717, 1.165) is 16.8 Å². The molecule has 0 aliphatic carbocycles. The Morgan fingerprint density at radius 1 is 1.14 bits per heavy atom. The van der Waals surface area contributed by atoms with Gasteiger partial charge in [-0.2, -0.15) is 0 Å². The lowest BCUT2D eigenvalue weighted by atomic mass is 10.1. The van der Waals surface area contributed by atoms with E-state index in [4.69, 9.17) is 9.47 Å². The molecule has 10 heteroatoms. The van der Waals surface area contributed by atoms with E-state index in [-0.39, 0.29) is 18.3 Å². The molecule has 1 N–H and O–H groups in total. The van der Waals surface area contributed by atoms with Crippen LogP contribution < -0.4 is 14.8 Å². The monoisotopic (exact) mass is 521 g/mol. The number of amides is 1. The van der Waals surface area contributed by atoms with Gasteiger partial charge in [0.25, 0.3) is 0 Å². The van der Waals surface area contributed by atoms with Gasteiger partial charge in [0.2, 0.25) is 5.91 Å². The van der Waals surface area contributed by atoms with Gasteiger partial charge in [0.1, 0.15) is 6.61 Å². The van der Waals surface area contributed by atoms with E-state index in [1.165, 1.54) is 28.7 Å². The fourth-order valence-electron chi connectivity index (χ4n) is 3.35. The molecule has 0 radical (unpaired) electrons. The largest absolute Gasteiger partial charge is 0.493 e. The SMILES string of the molecule is C=CCn1c(COc2ccc(C)cc2OC)nnc1SCC(=O)Nc1nc(-c2ccc(C)cc2)cs1. The third-order valence-corrected chi connectivity index (χ3v) is 6.94. The van der Waals surface area contributed by atoms with E-state index in [1.807, 2.05) is 66.3 Å². The maximum atomic E-state index is 12.6. The third-order valence-electron chi connectivity index (χ3n) is 5.21. The number of benzene rings is 2. The smallest absolute Gasteiger partial charge is 0.236 e. The number of methoxy groups -OCH3 is 1. The van der Waals surface area contributed by atoms with Gasteiger partial charge in [0.05, 0.1) is 18.6 Å². The quantitative estimate of drug-likeness (QED) is 0.205. The highest BCUT2D eigenvalue weighted by molar-refractivity contribution is 7.99. The highest BCUT2D eigenvalue weighted by Crippen LogP contribution is 2.29. The molecular formula is C26H27N5O3S2. The lowest BCUT2D eigenvalue weighted by Gasteiger charge is -2.12. The average molecular weight is 522 g/mol. The second-order valence-corrected chi connectivity index (χ2v) is 9.78. The summed E-state index contributed by atoms with van der Waals surface area (Å²) in [4.78, 5) is 17.1. The van der Waals surface area contributed by atoms with E-state index >= 15 is 0 Å². The Labute approximate surface area is 218 Å². The summed E-state index contributed by atoms with van der Waals surface area (Å²) in [6, 6.07) is 13.9. The molecule has 0 saturated heterocycles. The molecule has 0 unspecified atom stereocenters. The summed E-state index contributed by atoms with van der Waals surface area (Å²) in [6.45, 7) is 8.55. The van der Waals surface area contributed by atoms with Crippen LogP contribution >= 0.6 is 23.1 Å². The van der Waals surface area contributed by atoms with E-state index in [9.17, 15) is 4.79 Å². The minimum absolute atomic E-state index is 0.167. The van der Waals surface area contributed by atoms with Crippen molar-refractivity contribution in [1.29, 1.82) is 0 Å². The first kappa shape index (κ1) is 25.5. The van der Waals surface area contributed by atoms with Gasteiger partial charge >= 0.3 is 0 Å². The normalized spacial score (nSPS) is 10.8. The minimum Gasteiger partial charge on any atom is -0.493 e. The van der Waals surface area contributed by atoms with Crippen LogP contribution in [-0.4, -0.2) is 38.5 Å². The van der Waals surface area contributed by atoms with Crippen LogP contribution in [0.5, 0.6) is 11.5 Å². The first-order valence-electron chi connectivity index (χ1n) is 11.2. The Morgan fingerprint density at radius 3 is 2.67 bits per heavy atom. The van der Waals surface area contributed by atoms with Gasteiger partial charge in [-0.05, 0) is 31.5 Å². The second-order valence-electron chi connectivity index (χ2n) is 7.98. The Hall–Kier alpha value is -3.63. The van der Waals surface area contributed by atoms with Crippen molar-refractivity contribution in [1.82, 2.24) is 19.7 Å². The molecule has 186 valence electrons. The summed E-state index contributed by atoms with van der Waals surface area (Å²) in [5, 5.41) is 14.5. The molecule has 2 aromatic heterocycles. The zero-order valence-corrected chi connectivity index (χ0v) is 22.0. The number of anilines is 1. The molecule has 0 atom stereocenters. The molecule has 0 spiro atoms. The predicted octanol–water partition coefficient (Wildman–Crippen LogP) is 5.52. The standard InChI is InChI=1S/C26H27N5O3S2/c1-5-12-31-23(14-34-21-11-8-18(3)13-22(21)33-4)29-30-26(31)36-16-24(32)28-25-27-20(15-35-25)19-9-6-17(2)7-10-19/h5-11,13,15H,1,12,14,16H2,2-4H3,(H,27,28,32). The van der Waals surface area contributed by atoms with E-state index in [1.54, 1.807) is 13.2 Å². The Kier molecular flexibility index (Phi) is 8.40. The summed E-state index contributed by atoms with van der Waals surface area (Å²) in [5.41, 5.74) is 4.12. The number of allylic oxidation sites excluding steroid dienone is 1. The summed E-state index contributed by atoms with van der Waals surface area (Å²) >= 11 is 2.69. The van der Waals surface area contributed by atoms with Crippen LogP contribution in [0.2, 0.25) is 0 Å². The Morgan fingerprint density at radius 2 is 1.92 bits per heavy atom. The molecule has 8 nitrogen and oxygen atoms in total. The number of nitrogens with zero attached hydrogens (tertiary/aromatic N) is 4. The maximum Gasteiger partial charge on any atom is 0.236 e. The van der Waals surface area contributed by atoms with Crippen molar-refractivity contribution in [3.8, 4) is 22.8 Å². The molecule has 2 heterocycles. The first-order valence-corrected chi connectivity index (χ1v) is 13.1. The first-order chi connectivity index (χ1) is 17.5. The van der Waals surface area contributed by atoms with Crippen LogP contribution in [0.15, 0.2) is 65.7 Å². The highest BCUT2D eigenvalue weighted by atomic mass is 32.2. The minimum atomic E-state index is -0.167. The number of carbonyl (C=O) groups is 1. The fraction of sp³-hybridized carbons (Fsp3) is 0.231. The zero-order chi connectivity index (χ0) is 25.5. The number of carbonyl (C=O) groups excluding carboxylic acids is 1. The fourth-order valence-corrected chi connectivity index (χ4v) is 4.86. The predicted molar refractivity (Wildman–Crippen MR) is 144 cm³/mol. The molecule has 4 rings (SSSR count). The molecule has 4 aromatic rings. The van der Waals surface area contributed by atoms with Crippen molar-refractivity contribution in [2.75, 3.05) is 18.2 Å². The number of ether oxygens (including phenoxy) is 2. The van der Waals surface area contributed by atoms with Crippen LogP contribution in [0.4, 0.5) is 5.13 Å². The molecular weight excluding hydrogens is 494 g/mol. The van der Waals surface area contributed by atoms with E-state index in [0.29, 0.717) is 34.2 Å². The number of aromatic nitrogens is 4. The van der Waals surface area contributed by atoms with Gasteiger partial charge < -0.3 is 14.8 Å². The topological polar surface area (TPSA) is 91.2 Å². The number of hydrogen-bond donors (Lipinski definition) is 1. The molecule has 0 aliphatic heterocycles. The van der Waals surface area contributed by atoms with E-state index < -0.39 is 0 Å². The molecule has 0 bridgehead atoms. The number of hydrogen-bond acceptors (Lipinski definition) is 8. The average Bonchev–Trinajstić information content (AvgIpc) is 3.49. The van der Waals surface area contributed by atoms with Crippen LogP contribution in [-0.2, 0) is 17.9 Å². The van der Waals surface area contributed by atoms with Gasteiger partial charge in [-0.3, -0.25) is 9.36 Å². The van der Waals surface area contributed by atoms with Gasteiger partial charge in [-0.1, -0.05) is 53.7 Å². The van der Waals surface area contributed by atoms with Gasteiger partial charge in [0, 0.05) is 17.5 Å². The van der Waals surface area contributed by atoms with Gasteiger partial charge in [-0.25, -0.2) is 4.98 Å². The van der Waals surface area contributed by atoms with Crippen molar-refractivity contribution in [2.45, 2.75) is 32.2 Å². The number of nitrogens with one attached hydrogen (secondary N) is 1. The summed E-state index contributed by atoms with van der Waals surface area (Å²) in [7, 11) is 1.61. The maximum absolute atomic E-state index is 12.6. The summed E-state index contributed by atoms with van der Waals surface area (Å²) < 4.78 is 13.2. The van der Waals surface area contributed by atoms with Gasteiger partial charge in [0.15, 0.2) is 27.6 Å². The Bertz CT molecular complexity index is 1350. The van der Waals surface area contributed by atoms with E-state index in [2.05, 4.69) is 27.1 Å². The zero-order valence-electron chi connectivity index (χ0n) is 20.4.